The number of thiocarbonyl (C=S) groups is 1. The predicted molar refractivity (Wildman–Crippen MR) is 85.3 cm³/mol. The molecule has 2 heterocycles. The number of likely N-dealkylation sites (tertiary alicyclic amines) is 1. The lowest BCUT2D eigenvalue weighted by Gasteiger charge is -2.35. The van der Waals surface area contributed by atoms with Crippen molar-refractivity contribution in [3.8, 4) is 5.75 Å². The largest absolute Gasteiger partial charge is 0.493 e. The van der Waals surface area contributed by atoms with Gasteiger partial charge in [-0.15, -0.1) is 0 Å². The second-order valence-corrected chi connectivity index (χ2v) is 6.21. The maximum Gasteiger partial charge on any atom is 0.122 e. The first-order chi connectivity index (χ1) is 9.74. The van der Waals surface area contributed by atoms with Gasteiger partial charge in [0, 0.05) is 13.0 Å². The number of fused-ring (bicyclic) bond motifs is 1. The lowest BCUT2D eigenvalue weighted by atomic mass is 10.0. The summed E-state index contributed by atoms with van der Waals surface area (Å²) in [5.74, 6) is 1.06. The molecule has 0 radical (unpaired) electrons. The second kappa shape index (κ2) is 6.10. The maximum absolute atomic E-state index is 5.87. The van der Waals surface area contributed by atoms with Crippen LogP contribution in [0.15, 0.2) is 18.2 Å². The molecule has 1 fully saturated rings. The van der Waals surface area contributed by atoms with E-state index in [9.17, 15) is 0 Å². The molecule has 4 heteroatoms. The van der Waals surface area contributed by atoms with Gasteiger partial charge in [0.2, 0.25) is 0 Å². The number of rotatable bonds is 4. The fraction of sp³-hybridized carbons (Fsp3) is 0.562. The monoisotopic (exact) mass is 290 g/mol. The van der Waals surface area contributed by atoms with Crippen LogP contribution >= 0.6 is 12.2 Å². The summed E-state index contributed by atoms with van der Waals surface area (Å²) >= 11 is 5.21. The van der Waals surface area contributed by atoms with E-state index < -0.39 is 0 Å². The first-order valence-corrected chi connectivity index (χ1v) is 7.93. The normalized spacial score (nSPS) is 22.3. The van der Waals surface area contributed by atoms with Crippen LogP contribution in [0, 0.1) is 0 Å². The SMILES string of the molecule is NC(=S)C1CCCCN1CCc1ccc2c(c1)CCO2. The van der Waals surface area contributed by atoms with Crippen molar-refractivity contribution in [1.29, 1.82) is 0 Å². The average molecular weight is 290 g/mol. The molecule has 1 atom stereocenters. The molecule has 20 heavy (non-hydrogen) atoms. The van der Waals surface area contributed by atoms with Gasteiger partial charge < -0.3 is 10.5 Å². The molecule has 1 aromatic carbocycles. The Labute approximate surface area is 126 Å². The predicted octanol–water partition coefficient (Wildman–Crippen LogP) is 2.30. The first kappa shape index (κ1) is 13.8. The van der Waals surface area contributed by atoms with E-state index in [4.69, 9.17) is 22.7 Å². The zero-order valence-electron chi connectivity index (χ0n) is 11.8. The van der Waals surface area contributed by atoms with Crippen LogP contribution in [0.25, 0.3) is 0 Å². The van der Waals surface area contributed by atoms with Crippen molar-refractivity contribution in [2.24, 2.45) is 5.73 Å². The van der Waals surface area contributed by atoms with Gasteiger partial charge in [-0.1, -0.05) is 30.8 Å². The number of nitrogens with two attached hydrogens (primary N) is 1. The molecule has 0 amide bonds. The Hall–Kier alpha value is -1.13. The molecule has 1 aromatic rings. The van der Waals surface area contributed by atoms with E-state index in [2.05, 4.69) is 23.1 Å². The molecule has 2 aliphatic heterocycles. The number of nitrogens with zero attached hydrogens (tertiary/aromatic N) is 1. The number of ether oxygens (including phenoxy) is 1. The molecule has 0 aromatic heterocycles. The first-order valence-electron chi connectivity index (χ1n) is 7.52. The molecule has 0 spiro atoms. The highest BCUT2D eigenvalue weighted by atomic mass is 32.1. The van der Waals surface area contributed by atoms with E-state index in [1.54, 1.807) is 0 Å². The number of hydrogen-bond acceptors (Lipinski definition) is 3. The summed E-state index contributed by atoms with van der Waals surface area (Å²) in [5.41, 5.74) is 8.62. The minimum absolute atomic E-state index is 0.302. The standard InChI is InChI=1S/C16H22N2OS/c17-16(20)14-3-1-2-8-18(14)9-6-12-4-5-15-13(11-12)7-10-19-15/h4-5,11,14H,1-3,6-10H2,(H2,17,20). The van der Waals surface area contributed by atoms with Gasteiger partial charge in [-0.05, 0) is 43.0 Å². The highest BCUT2D eigenvalue weighted by Crippen LogP contribution is 2.26. The summed E-state index contributed by atoms with van der Waals surface area (Å²) in [6.45, 7) is 2.99. The van der Waals surface area contributed by atoms with Crippen LogP contribution in [-0.4, -0.2) is 35.6 Å². The van der Waals surface area contributed by atoms with Gasteiger partial charge in [0.05, 0.1) is 17.6 Å². The highest BCUT2D eigenvalue weighted by Gasteiger charge is 2.24. The Morgan fingerprint density at radius 2 is 2.30 bits per heavy atom. The third-order valence-electron chi connectivity index (χ3n) is 4.38. The van der Waals surface area contributed by atoms with Gasteiger partial charge in [-0.25, -0.2) is 0 Å². The molecule has 3 nitrogen and oxygen atoms in total. The highest BCUT2D eigenvalue weighted by molar-refractivity contribution is 7.80. The lowest BCUT2D eigenvalue weighted by Crippen LogP contribution is -2.47. The summed E-state index contributed by atoms with van der Waals surface area (Å²) in [4.78, 5) is 3.11. The van der Waals surface area contributed by atoms with E-state index >= 15 is 0 Å². The van der Waals surface area contributed by atoms with Crippen LogP contribution in [0.4, 0.5) is 0 Å². The Bertz CT molecular complexity index is 503. The third-order valence-corrected chi connectivity index (χ3v) is 4.66. The molecular weight excluding hydrogens is 268 g/mol. The molecule has 3 rings (SSSR count). The Balaban J connectivity index is 1.62. The summed E-state index contributed by atoms with van der Waals surface area (Å²) in [7, 11) is 0. The van der Waals surface area contributed by atoms with Crippen LogP contribution in [0.3, 0.4) is 0 Å². The van der Waals surface area contributed by atoms with Crippen LogP contribution < -0.4 is 10.5 Å². The zero-order valence-corrected chi connectivity index (χ0v) is 12.6. The van der Waals surface area contributed by atoms with Gasteiger partial charge in [0.25, 0.3) is 0 Å². The number of benzene rings is 1. The van der Waals surface area contributed by atoms with Gasteiger partial charge in [0.15, 0.2) is 0 Å². The van der Waals surface area contributed by atoms with E-state index in [0.717, 1.165) is 44.7 Å². The Morgan fingerprint density at radius 3 is 3.15 bits per heavy atom. The molecule has 0 aliphatic carbocycles. The molecular formula is C16H22N2OS. The molecule has 1 saturated heterocycles. The Kier molecular flexibility index (Phi) is 4.22. The molecule has 0 bridgehead atoms. The third kappa shape index (κ3) is 2.96. The summed E-state index contributed by atoms with van der Waals surface area (Å²) < 4.78 is 5.55. The van der Waals surface area contributed by atoms with Crippen LogP contribution in [0.1, 0.15) is 30.4 Å². The summed E-state index contributed by atoms with van der Waals surface area (Å²) in [6.07, 6.45) is 5.73. The van der Waals surface area contributed by atoms with Gasteiger partial charge in [-0.2, -0.15) is 0 Å². The molecule has 2 N–H and O–H groups in total. The zero-order chi connectivity index (χ0) is 13.9. The lowest BCUT2D eigenvalue weighted by molar-refractivity contribution is 0.195. The van der Waals surface area contributed by atoms with Gasteiger partial charge >= 0.3 is 0 Å². The van der Waals surface area contributed by atoms with Crippen molar-refractivity contribution < 1.29 is 4.74 Å². The maximum atomic E-state index is 5.87. The van der Waals surface area contributed by atoms with Crippen LogP contribution in [0.5, 0.6) is 5.75 Å². The smallest absolute Gasteiger partial charge is 0.122 e. The molecule has 108 valence electrons. The molecule has 2 aliphatic rings. The van der Waals surface area contributed by atoms with Gasteiger partial charge in [-0.3, -0.25) is 4.90 Å². The van der Waals surface area contributed by atoms with Crippen molar-refractivity contribution >= 4 is 17.2 Å². The quantitative estimate of drug-likeness (QED) is 0.864. The van der Waals surface area contributed by atoms with Crippen molar-refractivity contribution in [1.82, 2.24) is 4.90 Å². The van der Waals surface area contributed by atoms with Crippen molar-refractivity contribution in [3.05, 3.63) is 29.3 Å². The fourth-order valence-corrected chi connectivity index (χ4v) is 3.52. The van der Waals surface area contributed by atoms with Crippen LogP contribution in [0.2, 0.25) is 0 Å². The minimum atomic E-state index is 0.302. The van der Waals surface area contributed by atoms with Crippen molar-refractivity contribution in [2.75, 3.05) is 19.7 Å². The minimum Gasteiger partial charge on any atom is -0.493 e. The Morgan fingerprint density at radius 1 is 1.40 bits per heavy atom. The van der Waals surface area contributed by atoms with E-state index in [1.165, 1.54) is 24.0 Å². The fourth-order valence-electron chi connectivity index (χ4n) is 3.25. The molecule has 0 saturated carbocycles. The second-order valence-electron chi connectivity index (χ2n) is 5.74. The van der Waals surface area contributed by atoms with E-state index in [1.807, 2.05) is 0 Å². The summed E-state index contributed by atoms with van der Waals surface area (Å²) in [6, 6.07) is 6.89. The van der Waals surface area contributed by atoms with Gasteiger partial charge in [0.1, 0.15) is 5.75 Å². The van der Waals surface area contributed by atoms with E-state index in [-0.39, 0.29) is 0 Å². The van der Waals surface area contributed by atoms with Crippen molar-refractivity contribution in [2.45, 2.75) is 38.1 Å². The topological polar surface area (TPSA) is 38.5 Å². The number of piperidine rings is 1. The molecule has 1 unspecified atom stereocenters. The summed E-state index contributed by atoms with van der Waals surface area (Å²) in [5, 5.41) is 0. The van der Waals surface area contributed by atoms with Crippen LogP contribution in [-0.2, 0) is 12.8 Å². The van der Waals surface area contributed by atoms with Crippen molar-refractivity contribution in [3.63, 3.8) is 0 Å². The average Bonchev–Trinajstić information content (AvgIpc) is 2.92. The number of hydrogen-bond donors (Lipinski definition) is 1. The van der Waals surface area contributed by atoms with E-state index in [0.29, 0.717) is 11.0 Å².